The molecule has 9 nitrogen and oxygen atoms in total. The fraction of sp³-hybridized carbons (Fsp3) is 0.176. The second-order valence-electron chi connectivity index (χ2n) is 5.76. The van der Waals surface area contributed by atoms with Crippen LogP contribution in [0.2, 0.25) is 0 Å². The molecule has 0 atom stereocenters. The summed E-state index contributed by atoms with van der Waals surface area (Å²) in [6, 6.07) is 7.78. The van der Waals surface area contributed by atoms with Gasteiger partial charge in [0.1, 0.15) is 0 Å². The van der Waals surface area contributed by atoms with Crippen LogP contribution < -0.4 is 10.9 Å². The Bertz CT molecular complexity index is 1080. The maximum Gasteiger partial charge on any atom is 0.269 e. The molecule has 0 aliphatic carbocycles. The number of aromatic amines is 1. The van der Waals surface area contributed by atoms with Crippen LogP contribution in [0.4, 0.5) is 10.8 Å². The van der Waals surface area contributed by atoms with Gasteiger partial charge in [0.2, 0.25) is 5.91 Å². The summed E-state index contributed by atoms with van der Waals surface area (Å²) < 4.78 is 0. The third-order valence-electron chi connectivity index (χ3n) is 3.49. The smallest absolute Gasteiger partial charge is 0.269 e. The first-order valence-corrected chi connectivity index (χ1v) is 9.88. The largest absolute Gasteiger partial charge is 0.301 e. The molecule has 144 valence electrons. The van der Waals surface area contributed by atoms with E-state index < -0.39 is 4.92 Å². The van der Waals surface area contributed by atoms with Gasteiger partial charge in [0.05, 0.1) is 10.7 Å². The van der Waals surface area contributed by atoms with E-state index >= 15 is 0 Å². The second kappa shape index (κ2) is 8.76. The second-order valence-corrected chi connectivity index (χ2v) is 7.84. The Labute approximate surface area is 167 Å². The van der Waals surface area contributed by atoms with Crippen LogP contribution >= 0.6 is 23.1 Å². The number of hydrogen-bond acceptors (Lipinski definition) is 8. The first kappa shape index (κ1) is 19.7. The molecule has 2 aromatic heterocycles. The van der Waals surface area contributed by atoms with Gasteiger partial charge in [0, 0.05) is 41.4 Å². The Morgan fingerprint density at radius 1 is 1.39 bits per heavy atom. The van der Waals surface area contributed by atoms with E-state index in [0.29, 0.717) is 22.4 Å². The van der Waals surface area contributed by atoms with Crippen LogP contribution in [-0.4, -0.2) is 31.5 Å². The zero-order valence-corrected chi connectivity index (χ0v) is 16.3. The molecule has 0 saturated heterocycles. The van der Waals surface area contributed by atoms with E-state index in [2.05, 4.69) is 20.3 Å². The minimum atomic E-state index is -0.435. The summed E-state index contributed by atoms with van der Waals surface area (Å²) >= 11 is 2.43. The lowest BCUT2D eigenvalue weighted by atomic mass is 10.1. The number of rotatable bonds is 7. The standard InChI is InChI=1S/C17H15N5O4S2/c1-10-5-14(23)20-17(19-10)27-9-15(24)21-16-18-8-13(28-16)7-11-3-2-4-12(6-11)22(25)26/h2-6,8H,7,9H2,1H3,(H,18,21,24)(H,19,20,23). The van der Waals surface area contributed by atoms with Gasteiger partial charge in [-0.05, 0) is 12.5 Å². The number of aromatic nitrogens is 3. The molecule has 11 heteroatoms. The lowest BCUT2D eigenvalue weighted by Gasteiger charge is -2.02. The molecule has 1 aromatic carbocycles. The van der Waals surface area contributed by atoms with Gasteiger partial charge in [-0.1, -0.05) is 23.9 Å². The number of H-pyrrole nitrogens is 1. The molecule has 1 amide bonds. The Hall–Kier alpha value is -3.05. The number of non-ortho nitro benzene ring substituents is 1. The maximum atomic E-state index is 12.1. The molecule has 2 heterocycles. The third kappa shape index (κ3) is 5.47. The van der Waals surface area contributed by atoms with E-state index in [1.54, 1.807) is 25.3 Å². The average Bonchev–Trinajstić information content (AvgIpc) is 3.06. The van der Waals surface area contributed by atoms with Gasteiger partial charge in [0.25, 0.3) is 11.2 Å². The number of benzene rings is 1. The lowest BCUT2D eigenvalue weighted by Crippen LogP contribution is -2.15. The van der Waals surface area contributed by atoms with Crippen molar-refractivity contribution in [2.75, 3.05) is 11.1 Å². The SMILES string of the molecule is Cc1cc(=O)[nH]c(SCC(=O)Nc2ncc(Cc3cccc([N+](=O)[O-])c3)s2)n1. The van der Waals surface area contributed by atoms with E-state index in [4.69, 9.17) is 0 Å². The van der Waals surface area contributed by atoms with Crippen LogP contribution in [0.15, 0.2) is 46.5 Å². The Balaban J connectivity index is 1.56. The highest BCUT2D eigenvalue weighted by atomic mass is 32.2. The predicted octanol–water partition coefficient (Wildman–Crippen LogP) is 2.76. The number of hydrogen-bond donors (Lipinski definition) is 2. The molecular formula is C17H15N5O4S2. The van der Waals surface area contributed by atoms with Crippen molar-refractivity contribution < 1.29 is 9.72 Å². The molecule has 0 unspecified atom stereocenters. The van der Waals surface area contributed by atoms with E-state index in [1.165, 1.54) is 29.5 Å². The molecular weight excluding hydrogens is 402 g/mol. The van der Waals surface area contributed by atoms with Crippen molar-refractivity contribution >= 4 is 39.8 Å². The van der Waals surface area contributed by atoms with E-state index in [1.807, 2.05) is 0 Å². The highest BCUT2D eigenvalue weighted by molar-refractivity contribution is 7.99. The number of thiazole rings is 1. The fourth-order valence-electron chi connectivity index (χ4n) is 2.34. The van der Waals surface area contributed by atoms with Crippen LogP contribution in [0.5, 0.6) is 0 Å². The Morgan fingerprint density at radius 3 is 2.96 bits per heavy atom. The van der Waals surface area contributed by atoms with Crippen molar-refractivity contribution in [1.29, 1.82) is 0 Å². The Morgan fingerprint density at radius 2 is 2.21 bits per heavy atom. The van der Waals surface area contributed by atoms with Crippen molar-refractivity contribution in [3.8, 4) is 0 Å². The van der Waals surface area contributed by atoms with Crippen LogP contribution in [0.3, 0.4) is 0 Å². The minimum absolute atomic E-state index is 0.0374. The predicted molar refractivity (Wildman–Crippen MR) is 107 cm³/mol. The molecule has 0 spiro atoms. The first-order chi connectivity index (χ1) is 13.4. The zero-order chi connectivity index (χ0) is 20.1. The van der Waals surface area contributed by atoms with Crippen molar-refractivity contribution in [2.45, 2.75) is 18.5 Å². The number of thioether (sulfide) groups is 1. The number of nitro groups is 1. The summed E-state index contributed by atoms with van der Waals surface area (Å²) in [5, 5.41) is 14.4. The molecule has 3 aromatic rings. The Kier molecular flexibility index (Phi) is 6.16. The number of anilines is 1. The van der Waals surface area contributed by atoms with Crippen molar-refractivity contribution in [2.24, 2.45) is 0 Å². The van der Waals surface area contributed by atoms with Gasteiger partial charge < -0.3 is 10.3 Å². The molecule has 3 rings (SSSR count). The summed E-state index contributed by atoms with van der Waals surface area (Å²) in [5.74, 6) is -0.197. The van der Waals surface area contributed by atoms with Crippen LogP contribution in [0, 0.1) is 17.0 Å². The molecule has 0 radical (unpaired) electrons. The van der Waals surface area contributed by atoms with Gasteiger partial charge in [-0.2, -0.15) is 0 Å². The van der Waals surface area contributed by atoms with Gasteiger partial charge in [-0.3, -0.25) is 19.7 Å². The molecule has 28 heavy (non-hydrogen) atoms. The maximum absolute atomic E-state index is 12.1. The van der Waals surface area contributed by atoms with Crippen LogP contribution in [0.1, 0.15) is 16.1 Å². The summed E-state index contributed by atoms with van der Waals surface area (Å²) in [6.07, 6.45) is 2.12. The van der Waals surface area contributed by atoms with E-state index in [9.17, 15) is 19.7 Å². The van der Waals surface area contributed by atoms with Gasteiger partial charge in [-0.15, -0.1) is 11.3 Å². The number of carbonyl (C=O) groups excluding carboxylic acids is 1. The lowest BCUT2D eigenvalue weighted by molar-refractivity contribution is -0.384. The van der Waals surface area contributed by atoms with Crippen molar-refractivity contribution in [3.05, 3.63) is 73.1 Å². The van der Waals surface area contributed by atoms with Gasteiger partial charge in [0.15, 0.2) is 10.3 Å². The summed E-state index contributed by atoms with van der Waals surface area (Å²) in [5.41, 5.74) is 1.15. The molecule has 0 aliphatic rings. The number of carbonyl (C=O) groups is 1. The molecule has 0 fully saturated rings. The van der Waals surface area contributed by atoms with E-state index in [0.717, 1.165) is 22.2 Å². The van der Waals surface area contributed by atoms with Gasteiger partial charge >= 0.3 is 0 Å². The highest BCUT2D eigenvalue weighted by Crippen LogP contribution is 2.23. The molecule has 0 bridgehead atoms. The topological polar surface area (TPSA) is 131 Å². The minimum Gasteiger partial charge on any atom is -0.301 e. The third-order valence-corrected chi connectivity index (χ3v) is 5.27. The van der Waals surface area contributed by atoms with E-state index in [-0.39, 0.29) is 22.9 Å². The van der Waals surface area contributed by atoms with Crippen molar-refractivity contribution in [3.63, 3.8) is 0 Å². The zero-order valence-electron chi connectivity index (χ0n) is 14.7. The first-order valence-electron chi connectivity index (χ1n) is 8.08. The quantitative estimate of drug-likeness (QED) is 0.261. The van der Waals surface area contributed by atoms with Crippen LogP contribution in [0.25, 0.3) is 0 Å². The highest BCUT2D eigenvalue weighted by Gasteiger charge is 2.11. The normalized spacial score (nSPS) is 10.6. The van der Waals surface area contributed by atoms with Crippen molar-refractivity contribution in [1.82, 2.24) is 15.0 Å². The summed E-state index contributed by atoms with van der Waals surface area (Å²) in [6.45, 7) is 1.71. The summed E-state index contributed by atoms with van der Waals surface area (Å²) in [7, 11) is 0. The molecule has 0 aliphatic heterocycles. The van der Waals surface area contributed by atoms with Crippen LogP contribution in [-0.2, 0) is 11.2 Å². The fourth-order valence-corrected chi connectivity index (χ4v) is 3.92. The number of nitrogens with zero attached hydrogens (tertiary/aromatic N) is 3. The molecule has 2 N–H and O–H groups in total. The monoisotopic (exact) mass is 417 g/mol. The number of amides is 1. The average molecular weight is 417 g/mol. The van der Waals surface area contributed by atoms with Gasteiger partial charge in [-0.25, -0.2) is 9.97 Å². The number of nitrogens with one attached hydrogen (secondary N) is 2. The summed E-state index contributed by atoms with van der Waals surface area (Å²) in [4.78, 5) is 45.7. The number of nitro benzene ring substituents is 1. The number of aryl methyl sites for hydroxylation is 1. The molecule has 0 saturated carbocycles.